The van der Waals surface area contributed by atoms with Crippen LogP contribution < -0.4 is 15.4 Å². The highest BCUT2D eigenvalue weighted by Crippen LogP contribution is 2.33. The van der Waals surface area contributed by atoms with E-state index >= 15 is 0 Å². The van der Waals surface area contributed by atoms with Gasteiger partial charge in [0, 0.05) is 30.5 Å². The van der Waals surface area contributed by atoms with Crippen molar-refractivity contribution in [2.24, 2.45) is 0 Å². The molecular formula is C23H24N6O3. The summed E-state index contributed by atoms with van der Waals surface area (Å²) in [7, 11) is 1.60. The number of aromatic nitrogens is 4. The number of ether oxygens (including phenoxy) is 1. The summed E-state index contributed by atoms with van der Waals surface area (Å²) in [5.41, 5.74) is 2.43. The van der Waals surface area contributed by atoms with Crippen LogP contribution in [0, 0.1) is 0 Å². The maximum atomic E-state index is 8.99. The minimum atomic E-state index is 0.160. The molecule has 2 aromatic heterocycles. The molecular weight excluding hydrogens is 408 g/mol. The van der Waals surface area contributed by atoms with Crippen molar-refractivity contribution >= 4 is 17.6 Å². The van der Waals surface area contributed by atoms with Gasteiger partial charge in [0.2, 0.25) is 11.9 Å². The molecule has 0 unspecified atom stereocenters. The summed E-state index contributed by atoms with van der Waals surface area (Å²) in [5.74, 6) is 2.67. The number of aliphatic hydroxyl groups is 1. The summed E-state index contributed by atoms with van der Waals surface area (Å²) in [6.07, 6.45) is 4.54. The first-order valence-corrected chi connectivity index (χ1v) is 10.3. The van der Waals surface area contributed by atoms with Crippen LogP contribution in [-0.2, 0) is 0 Å². The molecule has 0 aliphatic heterocycles. The molecule has 0 radical (unpaired) electrons. The summed E-state index contributed by atoms with van der Waals surface area (Å²) < 4.78 is 10.9. The third-order valence-electron chi connectivity index (χ3n) is 4.69. The highest BCUT2D eigenvalue weighted by molar-refractivity contribution is 5.71. The zero-order valence-corrected chi connectivity index (χ0v) is 17.7. The van der Waals surface area contributed by atoms with Crippen LogP contribution >= 0.6 is 0 Å². The van der Waals surface area contributed by atoms with Crippen LogP contribution in [0.1, 0.15) is 12.8 Å². The van der Waals surface area contributed by atoms with Crippen LogP contribution in [0.3, 0.4) is 0 Å². The van der Waals surface area contributed by atoms with E-state index in [0.29, 0.717) is 42.2 Å². The molecule has 2 aromatic carbocycles. The van der Waals surface area contributed by atoms with Gasteiger partial charge in [-0.3, -0.25) is 0 Å². The lowest BCUT2D eigenvalue weighted by molar-refractivity contribution is 0.286. The van der Waals surface area contributed by atoms with Crippen molar-refractivity contribution < 1.29 is 14.3 Å². The number of aliphatic hydroxyl groups excluding tert-OH is 1. The van der Waals surface area contributed by atoms with Gasteiger partial charge < -0.3 is 24.9 Å². The number of oxazole rings is 1. The molecule has 9 heteroatoms. The summed E-state index contributed by atoms with van der Waals surface area (Å²) in [4.78, 5) is 17.6. The topological polar surface area (TPSA) is 118 Å². The van der Waals surface area contributed by atoms with Crippen LogP contribution in [0.25, 0.3) is 22.7 Å². The molecule has 0 saturated carbocycles. The van der Waals surface area contributed by atoms with Crippen molar-refractivity contribution in [3.05, 3.63) is 61.1 Å². The molecule has 3 N–H and O–H groups in total. The third-order valence-corrected chi connectivity index (χ3v) is 4.69. The van der Waals surface area contributed by atoms with E-state index in [1.54, 1.807) is 13.3 Å². The Kier molecular flexibility index (Phi) is 6.88. The quantitative estimate of drug-likeness (QED) is 0.318. The Morgan fingerprint density at radius 1 is 1.00 bits per heavy atom. The van der Waals surface area contributed by atoms with Gasteiger partial charge in [-0.1, -0.05) is 30.3 Å². The lowest BCUT2D eigenvalue weighted by Gasteiger charge is -2.12. The number of benzene rings is 2. The molecule has 9 nitrogen and oxygen atoms in total. The standard InChI is InChI=1S/C23H24N6O3/c1-31-19-13-17(9-10-18(19)20-14-24-15-32-20)26-23-28-21(16-7-3-2-4-8-16)27-22(29-23)25-11-5-6-12-30/h2-4,7-10,13-15,30H,5-6,11-12H2,1H3,(H2,25,26,27,28,29). The van der Waals surface area contributed by atoms with Crippen LogP contribution in [0.5, 0.6) is 5.75 Å². The van der Waals surface area contributed by atoms with Crippen molar-refractivity contribution in [1.82, 2.24) is 19.9 Å². The monoisotopic (exact) mass is 432 g/mol. The van der Waals surface area contributed by atoms with E-state index in [0.717, 1.165) is 23.2 Å². The molecule has 0 atom stereocenters. The van der Waals surface area contributed by atoms with Gasteiger partial charge in [0.15, 0.2) is 18.0 Å². The first-order chi connectivity index (χ1) is 15.8. The second-order valence-corrected chi connectivity index (χ2v) is 6.94. The summed E-state index contributed by atoms with van der Waals surface area (Å²) in [6, 6.07) is 15.3. The average molecular weight is 432 g/mol. The summed E-state index contributed by atoms with van der Waals surface area (Å²) >= 11 is 0. The number of hydrogen-bond donors (Lipinski definition) is 3. The largest absolute Gasteiger partial charge is 0.496 e. The summed E-state index contributed by atoms with van der Waals surface area (Å²) in [6.45, 7) is 0.810. The van der Waals surface area contributed by atoms with Gasteiger partial charge >= 0.3 is 0 Å². The fourth-order valence-electron chi connectivity index (χ4n) is 3.11. The Bertz CT molecular complexity index is 1140. The van der Waals surface area contributed by atoms with Gasteiger partial charge in [0.25, 0.3) is 0 Å². The van der Waals surface area contributed by atoms with Crippen LogP contribution in [0.15, 0.2) is 65.5 Å². The molecule has 0 bridgehead atoms. The fraction of sp³-hybridized carbons (Fsp3) is 0.217. The van der Waals surface area contributed by atoms with Gasteiger partial charge in [-0.2, -0.15) is 15.0 Å². The van der Waals surface area contributed by atoms with Crippen molar-refractivity contribution in [1.29, 1.82) is 0 Å². The van der Waals surface area contributed by atoms with E-state index in [4.69, 9.17) is 14.3 Å². The second kappa shape index (κ2) is 10.4. The number of nitrogens with one attached hydrogen (secondary N) is 2. The zero-order valence-electron chi connectivity index (χ0n) is 17.7. The van der Waals surface area contributed by atoms with Gasteiger partial charge in [0.05, 0.1) is 18.9 Å². The fourth-order valence-corrected chi connectivity index (χ4v) is 3.11. The predicted octanol–water partition coefficient (Wildman–Crippen LogP) is 4.13. The lowest BCUT2D eigenvalue weighted by Crippen LogP contribution is -2.10. The third kappa shape index (κ3) is 5.19. The predicted molar refractivity (Wildman–Crippen MR) is 122 cm³/mol. The molecule has 0 amide bonds. The Labute approximate surface area is 185 Å². The molecule has 0 aliphatic rings. The molecule has 0 spiro atoms. The number of rotatable bonds is 10. The summed E-state index contributed by atoms with van der Waals surface area (Å²) in [5, 5.41) is 15.4. The molecule has 0 saturated heterocycles. The first kappa shape index (κ1) is 21.3. The Morgan fingerprint density at radius 3 is 2.59 bits per heavy atom. The van der Waals surface area contributed by atoms with Crippen molar-refractivity contribution in [2.45, 2.75) is 12.8 Å². The molecule has 0 fully saturated rings. The molecule has 4 aromatic rings. The molecule has 2 heterocycles. The normalized spacial score (nSPS) is 10.7. The van der Waals surface area contributed by atoms with E-state index in [1.165, 1.54) is 6.39 Å². The van der Waals surface area contributed by atoms with Crippen LogP contribution in [0.4, 0.5) is 17.6 Å². The van der Waals surface area contributed by atoms with E-state index in [1.807, 2.05) is 48.5 Å². The number of nitrogens with zero attached hydrogens (tertiary/aromatic N) is 4. The number of methoxy groups -OCH3 is 1. The molecule has 32 heavy (non-hydrogen) atoms. The van der Waals surface area contributed by atoms with Crippen molar-refractivity contribution in [3.8, 4) is 28.5 Å². The Balaban J connectivity index is 1.62. The SMILES string of the molecule is COc1cc(Nc2nc(NCCCCO)nc(-c3ccccc3)n2)ccc1-c1cnco1. The van der Waals surface area contributed by atoms with Crippen molar-refractivity contribution in [2.75, 3.05) is 30.9 Å². The highest BCUT2D eigenvalue weighted by atomic mass is 16.5. The Morgan fingerprint density at radius 2 is 1.84 bits per heavy atom. The van der Waals surface area contributed by atoms with Gasteiger partial charge in [0.1, 0.15) is 5.75 Å². The van der Waals surface area contributed by atoms with Gasteiger partial charge in [-0.15, -0.1) is 0 Å². The number of anilines is 3. The zero-order chi connectivity index (χ0) is 22.2. The van der Waals surface area contributed by atoms with E-state index in [-0.39, 0.29) is 6.61 Å². The molecule has 164 valence electrons. The van der Waals surface area contributed by atoms with E-state index in [9.17, 15) is 0 Å². The van der Waals surface area contributed by atoms with Crippen LogP contribution in [0.2, 0.25) is 0 Å². The number of hydrogen-bond acceptors (Lipinski definition) is 9. The number of unbranched alkanes of at least 4 members (excludes halogenated alkanes) is 1. The highest BCUT2D eigenvalue weighted by Gasteiger charge is 2.12. The first-order valence-electron chi connectivity index (χ1n) is 10.3. The maximum absolute atomic E-state index is 8.99. The average Bonchev–Trinajstić information content (AvgIpc) is 3.37. The van der Waals surface area contributed by atoms with E-state index < -0.39 is 0 Å². The lowest BCUT2D eigenvalue weighted by atomic mass is 10.1. The van der Waals surface area contributed by atoms with Gasteiger partial charge in [-0.25, -0.2) is 4.98 Å². The minimum absolute atomic E-state index is 0.160. The van der Waals surface area contributed by atoms with E-state index in [2.05, 4.69) is 30.6 Å². The molecule has 4 rings (SSSR count). The Hall–Kier alpha value is -3.98. The molecule has 0 aliphatic carbocycles. The smallest absolute Gasteiger partial charge is 0.232 e. The van der Waals surface area contributed by atoms with Crippen LogP contribution in [-0.4, -0.2) is 45.3 Å². The van der Waals surface area contributed by atoms with Gasteiger partial charge in [-0.05, 0) is 25.0 Å². The minimum Gasteiger partial charge on any atom is -0.496 e. The van der Waals surface area contributed by atoms with Crippen molar-refractivity contribution in [3.63, 3.8) is 0 Å². The maximum Gasteiger partial charge on any atom is 0.232 e. The second-order valence-electron chi connectivity index (χ2n) is 6.94.